The van der Waals surface area contributed by atoms with E-state index in [4.69, 9.17) is 53.6 Å². The number of carbonyl (C=O) groups excluding carboxylic acids is 1. The highest BCUT2D eigenvalue weighted by molar-refractivity contribution is 5.73. The first-order valence-corrected chi connectivity index (χ1v) is 27.8. The van der Waals surface area contributed by atoms with Gasteiger partial charge in [0.25, 0.3) is 0 Å². The zero-order valence-corrected chi connectivity index (χ0v) is 56.8. The lowest BCUT2D eigenvalue weighted by Crippen LogP contribution is -2.42. The van der Waals surface area contributed by atoms with Gasteiger partial charge in [-0.05, 0) is 193 Å². The van der Waals surface area contributed by atoms with Crippen molar-refractivity contribution in [2.45, 2.75) is 204 Å². The molecular weight excluding hydrogens is 1030 g/mol. The van der Waals surface area contributed by atoms with Crippen LogP contribution in [-0.2, 0) is 47.5 Å². The molecule has 0 saturated carbocycles. The lowest BCUT2D eigenvalue weighted by atomic mass is 9.98. The summed E-state index contributed by atoms with van der Waals surface area (Å²) in [6, 6.07) is 0.905. The summed E-state index contributed by atoms with van der Waals surface area (Å²) >= 11 is 0. The van der Waals surface area contributed by atoms with E-state index in [0.717, 1.165) is 38.9 Å². The molecule has 1 saturated heterocycles. The monoisotopic (exact) mass is 1170 g/mol. The molecule has 0 aromatic rings. The molecular formula is C58H131N7O15. The van der Waals surface area contributed by atoms with Gasteiger partial charge in [-0.15, -0.1) is 0 Å². The first kappa shape index (κ1) is 89.4. The van der Waals surface area contributed by atoms with Gasteiger partial charge in [-0.25, -0.2) is 0 Å². The van der Waals surface area contributed by atoms with E-state index in [1.165, 1.54) is 0 Å². The van der Waals surface area contributed by atoms with E-state index in [1.54, 1.807) is 89.7 Å². The molecule has 0 aromatic carbocycles. The van der Waals surface area contributed by atoms with E-state index in [1.807, 2.05) is 93.6 Å². The Kier molecular flexibility index (Phi) is 53.1. The number of methoxy groups -OCH3 is 7. The highest BCUT2D eigenvalue weighted by atomic mass is 16.5. The third kappa shape index (κ3) is 53.0. The van der Waals surface area contributed by atoms with Crippen LogP contribution in [-0.4, -0.2) is 300 Å². The minimum absolute atomic E-state index is 0.000000000000000444. The van der Waals surface area contributed by atoms with Crippen molar-refractivity contribution < 1.29 is 73.0 Å². The van der Waals surface area contributed by atoms with Gasteiger partial charge in [0.2, 0.25) is 0 Å². The van der Waals surface area contributed by atoms with E-state index >= 15 is 0 Å². The van der Waals surface area contributed by atoms with Crippen LogP contribution in [0.5, 0.6) is 0 Å². The number of rotatable bonds is 32. The van der Waals surface area contributed by atoms with Crippen molar-refractivity contribution in [3.8, 4) is 0 Å². The number of nitrogens with zero attached hydrogens (tertiary/aromatic N) is 4. The van der Waals surface area contributed by atoms with Crippen LogP contribution in [0.15, 0.2) is 0 Å². The fraction of sp³-hybridized carbons (Fsp3) is 0.966. The normalized spacial score (nSPS) is 16.3. The fourth-order valence-electron chi connectivity index (χ4n) is 7.08. The number of nitrogens with one attached hydrogen (secondary N) is 3. The number of ether oxygens (including phenoxy) is 8. The molecule has 1 fully saturated rings. The Morgan fingerprint density at radius 1 is 0.525 bits per heavy atom. The molecule has 1 aliphatic heterocycles. The maximum absolute atomic E-state index is 10.8. The van der Waals surface area contributed by atoms with Crippen molar-refractivity contribution in [1.82, 2.24) is 35.6 Å². The molecule has 22 heteroatoms. The number of esters is 1. The summed E-state index contributed by atoms with van der Waals surface area (Å²) in [7, 11) is 33.0. The minimum Gasteiger partial charge on any atom is -0.480 e. The minimum atomic E-state index is -0.810. The first-order chi connectivity index (χ1) is 36.4. The molecule has 1 heterocycles. The van der Waals surface area contributed by atoms with Gasteiger partial charge in [0.1, 0.15) is 12.6 Å². The summed E-state index contributed by atoms with van der Waals surface area (Å²) in [5.41, 5.74) is -1.56. The Morgan fingerprint density at radius 3 is 1.06 bits per heavy atom. The highest BCUT2D eigenvalue weighted by Crippen LogP contribution is 2.21. The van der Waals surface area contributed by atoms with E-state index in [0.29, 0.717) is 38.0 Å². The molecule has 22 nitrogen and oxygen atoms in total. The molecule has 0 spiro atoms. The Bertz CT molecular complexity index is 1420. The van der Waals surface area contributed by atoms with Gasteiger partial charge in [-0.2, -0.15) is 0 Å². The zero-order valence-electron chi connectivity index (χ0n) is 56.8. The predicted molar refractivity (Wildman–Crippen MR) is 326 cm³/mol. The molecule has 0 bridgehead atoms. The van der Waals surface area contributed by atoms with Crippen molar-refractivity contribution in [2.24, 2.45) is 0 Å². The second-order valence-electron chi connectivity index (χ2n) is 24.8. The Morgan fingerprint density at radius 2 is 0.863 bits per heavy atom. The average molecular weight is 1170 g/mol. The number of carboxylic acids is 1. The number of likely N-dealkylation sites (N-methyl/N-ethyl adjacent to an activating group) is 7. The second-order valence-corrected chi connectivity index (χ2v) is 24.8. The van der Waals surface area contributed by atoms with Crippen LogP contribution in [0, 0.1) is 0 Å². The van der Waals surface area contributed by atoms with Gasteiger partial charge in [-0.1, -0.05) is 0 Å². The van der Waals surface area contributed by atoms with Crippen LogP contribution < -0.4 is 16.0 Å². The summed E-state index contributed by atoms with van der Waals surface area (Å²) in [6.07, 6.45) is 5.18. The van der Waals surface area contributed by atoms with E-state index in [9.17, 15) is 14.7 Å². The summed E-state index contributed by atoms with van der Waals surface area (Å²) in [4.78, 5) is 29.1. The van der Waals surface area contributed by atoms with Crippen LogP contribution >= 0.6 is 0 Å². The molecule has 0 radical (unpaired) electrons. The molecule has 1 aliphatic rings. The van der Waals surface area contributed by atoms with Crippen molar-refractivity contribution in [1.29, 1.82) is 0 Å². The van der Waals surface area contributed by atoms with Crippen LogP contribution in [0.4, 0.5) is 0 Å². The van der Waals surface area contributed by atoms with Crippen molar-refractivity contribution in [3.05, 3.63) is 0 Å². The number of carboxylic acid groups (broad SMARTS) is 1. The predicted octanol–water partition coefficient (Wildman–Crippen LogP) is 3.93. The molecule has 488 valence electrons. The number of aliphatic carboxylic acids is 1. The van der Waals surface area contributed by atoms with Crippen molar-refractivity contribution >= 4 is 11.9 Å². The number of carbonyl (C=O) groups is 2. The summed E-state index contributed by atoms with van der Waals surface area (Å²) in [5, 5.41) is 54.1. The molecule has 0 amide bonds. The number of cyclic esters (lactones) is 1. The van der Waals surface area contributed by atoms with Crippen LogP contribution in [0.3, 0.4) is 0 Å². The molecule has 0 unspecified atom stereocenters. The molecule has 80 heavy (non-hydrogen) atoms. The lowest BCUT2D eigenvalue weighted by molar-refractivity contribution is -0.145. The molecule has 0 aromatic heterocycles. The van der Waals surface area contributed by atoms with Gasteiger partial charge < -0.3 is 94.1 Å². The standard InChI is InChI=1S/C10H23NO2.C9H19NO3.3C9H21NO2.C7H17NO2.C5H9NO2/c1-10(2,13-6)7-9(8-12-5)11(3)4;1-9(2,13-5)6-7(8(11)12)10(3)4;1-9(2,12-5)6-8(10-3)7-11-4;2*1-9(2,12-5)6-8(7-11)10(3)4;1-7(2,10)4-6(5-9)8-3;1-6-4-2-5(7)8-3-4/h9H,7-8H2,1-6H3;7H,6H2,1-5H3,(H,11,12);8,10H,6-7H2,1-5H3;2*8,11H,6-7H2,1-5H3;6,8-10H,4-5H2,1-3H3;4,6H,2-3H2,1H3/t9-;7-;3*8-;6-;4-/m0000000/s1. The van der Waals surface area contributed by atoms with Gasteiger partial charge in [0.05, 0.1) is 79.1 Å². The topological polar surface area (TPSA) is 258 Å². The van der Waals surface area contributed by atoms with E-state index in [2.05, 4.69) is 67.4 Å². The van der Waals surface area contributed by atoms with Gasteiger partial charge in [0, 0.05) is 86.4 Å². The smallest absolute Gasteiger partial charge is 0.321 e. The quantitative estimate of drug-likeness (QED) is 0.0444. The van der Waals surface area contributed by atoms with Crippen LogP contribution in [0.25, 0.3) is 0 Å². The summed E-state index contributed by atoms with van der Waals surface area (Å²) in [5.74, 6) is -0.903. The van der Waals surface area contributed by atoms with Crippen molar-refractivity contribution in [2.75, 3.05) is 167 Å². The summed E-state index contributed by atoms with van der Waals surface area (Å²) < 4.78 is 41.3. The van der Waals surface area contributed by atoms with Gasteiger partial charge >= 0.3 is 11.9 Å². The number of hydrogen-bond donors (Lipinski definition) is 8. The molecule has 7 atom stereocenters. The maximum atomic E-state index is 10.8. The van der Waals surface area contributed by atoms with E-state index in [-0.39, 0.29) is 72.4 Å². The van der Waals surface area contributed by atoms with Crippen LogP contribution in [0.1, 0.15) is 128 Å². The third-order valence-corrected chi connectivity index (χ3v) is 13.7. The third-order valence-electron chi connectivity index (χ3n) is 13.7. The lowest BCUT2D eigenvalue weighted by Gasteiger charge is -2.31. The van der Waals surface area contributed by atoms with Gasteiger partial charge in [-0.3, -0.25) is 14.5 Å². The Hall–Kier alpha value is -1.78. The summed E-state index contributed by atoms with van der Waals surface area (Å²) in [6.45, 7) is 26.1. The fourth-order valence-corrected chi connectivity index (χ4v) is 7.08. The SMILES string of the molecule is CN[C@@H]1COC(=O)C1.CN[C@H](CO)CC(C)(C)O.CN[C@H](COC)CC(C)(C)OC.COC(C)(C)C[C@@H](C(=O)O)N(C)C.COC(C)(C)C[C@@H](CO)N(C)C.COC(C)(C)C[C@@H](CO)N(C)C.COC[C@H](CC(C)(C)OC)N(C)C. The maximum Gasteiger partial charge on any atom is 0.321 e. The van der Waals surface area contributed by atoms with Crippen molar-refractivity contribution in [3.63, 3.8) is 0 Å². The number of aliphatic hydroxyl groups excluding tert-OH is 3. The second kappa shape index (κ2) is 47.5. The van der Waals surface area contributed by atoms with Crippen LogP contribution in [0.2, 0.25) is 0 Å². The Labute approximate surface area is 489 Å². The molecule has 0 aliphatic carbocycles. The van der Waals surface area contributed by atoms with Gasteiger partial charge in [0.15, 0.2) is 0 Å². The largest absolute Gasteiger partial charge is 0.480 e. The average Bonchev–Trinajstić information content (AvgIpc) is 3.81. The number of hydrogen-bond acceptors (Lipinski definition) is 21. The van der Waals surface area contributed by atoms with E-state index < -0.39 is 23.2 Å². The zero-order chi connectivity index (χ0) is 64.5. The first-order valence-electron chi connectivity index (χ1n) is 27.8. The molecule has 1 rings (SSSR count). The number of aliphatic hydroxyl groups is 4. The Balaban J connectivity index is -0.000000200. The highest BCUT2D eigenvalue weighted by Gasteiger charge is 2.30. The molecule has 8 N–H and O–H groups in total.